The molecule has 4 aromatic carbocycles. The fraction of sp³-hybridized carbons (Fsp3) is 0.426. The Bertz CT molecular complexity index is 2700. The Morgan fingerprint density at radius 1 is 0.843 bits per heavy atom. The number of hydrogen-bond donors (Lipinski definition) is 3. The molecule has 1 aliphatic carbocycles. The van der Waals surface area contributed by atoms with Crippen LogP contribution < -0.4 is 14.8 Å². The van der Waals surface area contributed by atoms with Crippen molar-refractivity contribution in [2.45, 2.75) is 115 Å². The van der Waals surface area contributed by atoms with Crippen LogP contribution in [0.5, 0.6) is 11.5 Å². The number of hydrogen-bond acceptors (Lipinski definition) is 12. The van der Waals surface area contributed by atoms with Gasteiger partial charge in [-0.05, 0) is 0 Å². The fourth-order valence-electron chi connectivity index (χ4n) is 10.5. The van der Waals surface area contributed by atoms with Crippen molar-refractivity contribution in [2.24, 2.45) is 5.92 Å². The van der Waals surface area contributed by atoms with Crippen molar-refractivity contribution in [3.63, 3.8) is 0 Å². The van der Waals surface area contributed by atoms with Gasteiger partial charge in [0.15, 0.2) is 0 Å². The summed E-state index contributed by atoms with van der Waals surface area (Å²) in [4.78, 5) is 55.9. The van der Waals surface area contributed by atoms with Gasteiger partial charge in [0.25, 0.3) is 0 Å². The van der Waals surface area contributed by atoms with Gasteiger partial charge in [0.1, 0.15) is 0 Å². The van der Waals surface area contributed by atoms with Gasteiger partial charge in [-0.2, -0.15) is 0 Å². The molecule has 1 fully saturated rings. The van der Waals surface area contributed by atoms with E-state index in [1.54, 1.807) is 44.8 Å². The molecule has 1 saturated carbocycles. The third kappa shape index (κ3) is 10.0. The Labute approximate surface area is 414 Å². The van der Waals surface area contributed by atoms with Crippen LogP contribution in [0, 0.1) is 17.2 Å². The molecule has 0 aliphatic heterocycles. The number of carbonyl (C=O) groups excluding carboxylic acids is 1. The third-order valence-electron chi connectivity index (χ3n) is 14.5. The number of ether oxygens (including phenoxy) is 3. The zero-order chi connectivity index (χ0) is 50.7. The first-order valence-corrected chi connectivity index (χ1v) is 29.3. The van der Waals surface area contributed by atoms with E-state index in [0.717, 1.165) is 16.7 Å². The second kappa shape index (κ2) is 20.6. The van der Waals surface area contributed by atoms with Gasteiger partial charge in [-0.3, -0.25) is 0 Å². The molecule has 7 rings (SSSR count). The summed E-state index contributed by atoms with van der Waals surface area (Å²) in [5.41, 5.74) is 1.58. The minimum atomic E-state index is -5.29. The number of nitrogens with zero attached hydrogens (tertiary/aromatic N) is 6. The normalized spacial score (nSPS) is 18.5. The van der Waals surface area contributed by atoms with Gasteiger partial charge < -0.3 is 0 Å². The number of nitriles is 1. The van der Waals surface area contributed by atoms with E-state index in [4.69, 9.17) is 28.6 Å². The molecule has 0 bridgehead atoms. The number of benzene rings is 4. The third-order valence-corrected chi connectivity index (χ3v) is 23.9. The molecule has 0 saturated heterocycles. The number of methoxy groups -OCH3 is 2. The second-order valence-electron chi connectivity index (χ2n) is 20.5. The van der Waals surface area contributed by atoms with Gasteiger partial charge in [0.05, 0.1) is 0 Å². The molecule has 2 heterocycles. The zero-order valence-corrected chi connectivity index (χ0v) is 44.3. The van der Waals surface area contributed by atoms with Crippen LogP contribution in [0.25, 0.3) is 11.2 Å². The van der Waals surface area contributed by atoms with E-state index >= 15 is 0 Å². The van der Waals surface area contributed by atoms with E-state index in [1.165, 1.54) is 6.33 Å². The van der Waals surface area contributed by atoms with E-state index in [9.17, 15) is 19.8 Å². The van der Waals surface area contributed by atoms with Crippen molar-refractivity contribution in [2.75, 3.05) is 32.3 Å². The van der Waals surface area contributed by atoms with Gasteiger partial charge in [-0.1, -0.05) is 6.07 Å². The van der Waals surface area contributed by atoms with Gasteiger partial charge in [0, 0.05) is 0 Å². The molecule has 1 amide bonds. The van der Waals surface area contributed by atoms with Gasteiger partial charge in [-0.25, -0.2) is 0 Å². The van der Waals surface area contributed by atoms with Crippen molar-refractivity contribution in [3.8, 4) is 17.6 Å². The first kappa shape index (κ1) is 52.3. The van der Waals surface area contributed by atoms with Crippen LogP contribution in [-0.4, -0.2) is 99.0 Å². The number of imidazole rings is 1. The summed E-state index contributed by atoms with van der Waals surface area (Å²) in [6.45, 7) is 18.8. The molecule has 0 radical (unpaired) electrons. The molecule has 4 atom stereocenters. The summed E-state index contributed by atoms with van der Waals surface area (Å²) < 4.78 is 30.5. The van der Waals surface area contributed by atoms with Crippen molar-refractivity contribution in [1.29, 1.82) is 5.26 Å². The van der Waals surface area contributed by atoms with Crippen molar-refractivity contribution >= 4 is 38.4 Å². The van der Waals surface area contributed by atoms with Gasteiger partial charge >= 0.3 is 410 Å². The van der Waals surface area contributed by atoms with E-state index in [0.29, 0.717) is 34.6 Å². The summed E-state index contributed by atoms with van der Waals surface area (Å²) in [6.07, 6.45) is 2.32. The predicted octanol–water partition coefficient (Wildman–Crippen LogP) is 10.7. The number of aromatic nitrogens is 4. The van der Waals surface area contributed by atoms with Crippen LogP contribution in [0.2, 0.25) is 18.1 Å². The van der Waals surface area contributed by atoms with E-state index < -0.39 is 44.8 Å². The molecule has 372 valence electrons. The molecule has 2 aromatic heterocycles. The SMILES string of the molecule is COc1ccc(C(OC[C@H]2C[C@@H](n3cnc4c(NC(=O)c5ccccc5)ncnc43)[C@H](O[Si](C)(C)C(C)(C)C)[C@@H]2P(O)(O)(CCC#N)N(C(C)C)C(C)C)(c2ccccc2)c2ccc(OC)cc2)cc1. The molecule has 70 heavy (non-hydrogen) atoms. The summed E-state index contributed by atoms with van der Waals surface area (Å²) in [7, 11) is -4.80. The van der Waals surface area contributed by atoms with Crippen molar-refractivity contribution < 1.29 is 33.2 Å². The number of nitrogens with one attached hydrogen (secondary N) is 1. The maximum absolute atomic E-state index is 14.1. The number of amides is 1. The number of anilines is 1. The van der Waals surface area contributed by atoms with Crippen LogP contribution in [0.15, 0.2) is 122 Å². The van der Waals surface area contributed by atoms with E-state index in [2.05, 4.69) is 50.2 Å². The number of fused-ring (bicyclic) bond motifs is 1. The number of carbonyl (C=O) groups is 1. The van der Waals surface area contributed by atoms with Crippen LogP contribution in [0.4, 0.5) is 5.82 Å². The topological polar surface area (TPSA) is 177 Å². The van der Waals surface area contributed by atoms with Crippen molar-refractivity contribution in [1.82, 2.24) is 24.2 Å². The average Bonchev–Trinajstić information content (AvgIpc) is 3.93. The van der Waals surface area contributed by atoms with Crippen LogP contribution >= 0.6 is 7.21 Å². The second-order valence-corrected chi connectivity index (χ2v) is 29.2. The van der Waals surface area contributed by atoms with Gasteiger partial charge in [-0.15, -0.1) is 0 Å². The summed E-state index contributed by atoms with van der Waals surface area (Å²) in [5.74, 6) is 0.663. The molecular weight excluding hydrogens is 918 g/mol. The average molecular weight is 988 g/mol. The first-order chi connectivity index (χ1) is 33.2. The summed E-state index contributed by atoms with van der Waals surface area (Å²) >= 11 is 0. The van der Waals surface area contributed by atoms with Gasteiger partial charge in [0.2, 0.25) is 0 Å². The van der Waals surface area contributed by atoms with Crippen molar-refractivity contribution in [3.05, 3.63) is 144 Å². The van der Waals surface area contributed by atoms with Crippen LogP contribution in [0.1, 0.15) is 94.4 Å². The monoisotopic (exact) mass is 987 g/mol. The molecule has 14 nitrogen and oxygen atoms in total. The Morgan fingerprint density at radius 3 is 1.90 bits per heavy atom. The predicted molar refractivity (Wildman–Crippen MR) is 280 cm³/mol. The molecule has 16 heteroatoms. The number of rotatable bonds is 19. The van der Waals surface area contributed by atoms with Crippen LogP contribution in [0.3, 0.4) is 0 Å². The Balaban J connectivity index is 1.48. The summed E-state index contributed by atoms with van der Waals surface area (Å²) in [5, 5.41) is 13.0. The molecule has 0 spiro atoms. The van der Waals surface area contributed by atoms with Crippen LogP contribution in [-0.2, 0) is 14.8 Å². The standard InChI is InChI=1S/C54H70N7O7PSi/c1-37(2)61(38(3)4)69(63,64,32-18-31-55)49-40(34-67-54(41-21-16-13-17-22-41,42-23-27-44(65-8)28-24-42)43-25-29-45(66-9)30-26-43)33-46(48(49)68-70(10,11)53(5,6)7)60-36-58-47-50(56-35-57-51(47)60)59-52(62)39-19-14-12-15-20-39/h12-17,19-30,35-38,40,46,48-49,63-64H,18,32-34H2,1-11H3,(H,56,57,59,62)/t40-,46-,48+,49-/m1/s1. The molecule has 6 aromatic rings. The Hall–Kier alpha value is -5.56. The van der Waals surface area contributed by atoms with E-state index in [1.807, 2.05) is 122 Å². The summed E-state index contributed by atoms with van der Waals surface area (Å²) in [6, 6.07) is 35.6. The quantitative estimate of drug-likeness (QED) is 0.0398. The minimum absolute atomic E-state index is 0.0289. The molecule has 1 aliphatic rings. The molecule has 0 unspecified atom stereocenters. The Morgan fingerprint density at radius 2 is 1.39 bits per heavy atom. The maximum atomic E-state index is 14.1. The fourth-order valence-corrected chi connectivity index (χ4v) is 17.2. The Kier molecular flexibility index (Phi) is 15.4. The zero-order valence-electron chi connectivity index (χ0n) is 42.4. The molecule has 3 N–H and O–H groups in total. The molecular formula is C54H70N7O7PSi. The first-order valence-electron chi connectivity index (χ1n) is 24.1. The van der Waals surface area contributed by atoms with E-state index in [-0.39, 0.29) is 48.0 Å².